The molecular weight excluding hydrogens is 805 g/mol. The summed E-state index contributed by atoms with van der Waals surface area (Å²) in [6.07, 6.45) is 4.81. The summed E-state index contributed by atoms with van der Waals surface area (Å²) in [5, 5.41) is 4.56. The van der Waals surface area contributed by atoms with Gasteiger partial charge in [-0.3, -0.25) is 0 Å². The van der Waals surface area contributed by atoms with Crippen LogP contribution in [0.15, 0.2) is 142 Å². The summed E-state index contributed by atoms with van der Waals surface area (Å²) < 4.78 is 16.1. The highest BCUT2D eigenvalue weighted by Gasteiger charge is 2.58. The van der Waals surface area contributed by atoms with Gasteiger partial charge in [0, 0.05) is 50.0 Å². The number of hydrogen-bond donors (Lipinski definition) is 0. The molecule has 0 N–H and O–H groups in total. The van der Waals surface area contributed by atoms with E-state index in [1.54, 1.807) is 0 Å². The van der Waals surface area contributed by atoms with Gasteiger partial charge < -0.3 is 23.2 Å². The zero-order valence-corrected chi connectivity index (χ0v) is 39.3. The molecule has 10 aromatic rings. The van der Waals surface area contributed by atoms with Gasteiger partial charge in [-0.25, -0.2) is 0 Å². The van der Waals surface area contributed by atoms with Crippen LogP contribution in [0.1, 0.15) is 97.8 Å². The third-order valence-corrected chi connectivity index (χ3v) is 16.8. The van der Waals surface area contributed by atoms with Crippen molar-refractivity contribution in [2.75, 3.05) is 9.80 Å². The van der Waals surface area contributed by atoms with E-state index in [1.807, 2.05) is 0 Å². The smallest absolute Gasteiger partial charge is 0.252 e. The zero-order chi connectivity index (χ0) is 44.8. The fraction of sp³-hybridized carbons (Fsp3) is 0.267. The molecule has 324 valence electrons. The summed E-state index contributed by atoms with van der Waals surface area (Å²) in [7, 11) is 0. The van der Waals surface area contributed by atoms with Crippen LogP contribution in [0.5, 0.6) is 0 Å². The fourth-order valence-corrected chi connectivity index (χ4v) is 13.3. The topological polar surface area (TPSA) is 37.7 Å². The predicted octanol–water partition coefficient (Wildman–Crippen LogP) is 14.4. The van der Waals surface area contributed by atoms with Gasteiger partial charge in [-0.2, -0.15) is 0 Å². The number of rotatable bonds is 2. The Labute approximate surface area is 386 Å². The summed E-state index contributed by atoms with van der Waals surface area (Å²) in [6, 6.07) is 50.5. The molecule has 6 heterocycles. The van der Waals surface area contributed by atoms with E-state index < -0.39 is 0 Å². The maximum atomic E-state index is 6.84. The van der Waals surface area contributed by atoms with Crippen LogP contribution in [0.25, 0.3) is 60.6 Å². The molecule has 0 bridgehead atoms. The quantitative estimate of drug-likeness (QED) is 0.162. The van der Waals surface area contributed by atoms with Gasteiger partial charge in [-0.15, -0.1) is 0 Å². The summed E-state index contributed by atoms with van der Waals surface area (Å²) in [5.74, 6) is 0. The fourth-order valence-electron chi connectivity index (χ4n) is 13.3. The summed E-state index contributed by atoms with van der Waals surface area (Å²) in [6.45, 7) is 19.2. The molecular formula is C60H54BN3O2. The highest BCUT2D eigenvalue weighted by atomic mass is 16.3. The van der Waals surface area contributed by atoms with Crippen molar-refractivity contribution in [3.8, 4) is 5.69 Å². The number of aromatic nitrogens is 1. The molecule has 14 rings (SSSR count). The first-order valence-electron chi connectivity index (χ1n) is 24.2. The van der Waals surface area contributed by atoms with Crippen molar-refractivity contribution in [2.45, 2.75) is 103 Å². The first kappa shape index (κ1) is 38.6. The number of benzene rings is 7. The van der Waals surface area contributed by atoms with Crippen LogP contribution >= 0.6 is 0 Å². The average Bonchev–Trinajstić information content (AvgIpc) is 4.02. The summed E-state index contributed by atoms with van der Waals surface area (Å²) in [4.78, 5) is 5.38. The number of para-hydroxylation sites is 3. The van der Waals surface area contributed by atoms with Gasteiger partial charge in [0.2, 0.25) is 0 Å². The largest absolute Gasteiger partial charge is 0.456 e. The average molecular weight is 860 g/mol. The lowest BCUT2D eigenvalue weighted by molar-refractivity contribution is 0.195. The molecule has 3 aromatic heterocycles. The number of furan rings is 2. The molecule has 1 fully saturated rings. The van der Waals surface area contributed by atoms with Gasteiger partial charge in [-0.1, -0.05) is 128 Å². The molecule has 7 aromatic carbocycles. The van der Waals surface area contributed by atoms with Gasteiger partial charge >= 0.3 is 0 Å². The standard InChI is InChI=1S/C60H54BN3O2/c1-57(2,3)35-25-28-44-41(31-35)59(7)29-13-14-30-60(59,8)64(44)37-26-27-42-46(34-37)62(45-21-16-24-51-52(45)38-17-9-11-22-49(38)65-51)47-32-36(58(4,5)6)33-48-53(47)61(42)43-20-15-19-40-54(43)63(48)55-39-18-10-12-23-50(39)66-56(40)55/h9-12,15-28,31-34H,13-14,29-30H2,1-8H3. The SMILES string of the molecule is CC(C)(C)c1cc2c3c(c1)-n1c4c(cccc4c4oc5ccccc5c41)B3c1ccc(N3c4ccc(C(C)(C)C)cc4C4(C)CCCCC34C)cc1N2c1cccc2oc3ccccc3c12. The molecule has 2 unspecified atom stereocenters. The predicted molar refractivity (Wildman–Crippen MR) is 277 cm³/mol. The van der Waals surface area contributed by atoms with Crippen LogP contribution in [0.3, 0.4) is 0 Å². The highest BCUT2D eigenvalue weighted by molar-refractivity contribution is 7.00. The molecule has 5 nitrogen and oxygen atoms in total. The van der Waals surface area contributed by atoms with Crippen LogP contribution in [-0.4, -0.2) is 16.8 Å². The van der Waals surface area contributed by atoms with E-state index in [0.29, 0.717) is 0 Å². The van der Waals surface area contributed by atoms with Gasteiger partial charge in [-0.05, 0) is 130 Å². The maximum Gasteiger partial charge on any atom is 0.252 e. The Morgan fingerprint density at radius 3 is 2.03 bits per heavy atom. The minimum atomic E-state index is -0.144. The molecule has 3 aliphatic heterocycles. The van der Waals surface area contributed by atoms with Crippen LogP contribution in [0.4, 0.5) is 28.4 Å². The third kappa shape index (κ3) is 4.77. The van der Waals surface area contributed by atoms with Crippen LogP contribution in [-0.2, 0) is 16.2 Å². The lowest BCUT2D eigenvalue weighted by Gasteiger charge is -2.50. The van der Waals surface area contributed by atoms with Gasteiger partial charge in [0.05, 0.1) is 22.1 Å². The second-order valence-corrected chi connectivity index (χ2v) is 22.4. The van der Waals surface area contributed by atoms with Crippen molar-refractivity contribution in [3.63, 3.8) is 0 Å². The van der Waals surface area contributed by atoms with E-state index in [4.69, 9.17) is 8.83 Å². The molecule has 0 radical (unpaired) electrons. The zero-order valence-electron chi connectivity index (χ0n) is 39.3. The van der Waals surface area contributed by atoms with Crippen LogP contribution in [0.2, 0.25) is 0 Å². The molecule has 1 aliphatic carbocycles. The van der Waals surface area contributed by atoms with E-state index in [0.717, 1.165) is 61.5 Å². The Morgan fingerprint density at radius 2 is 1.23 bits per heavy atom. The molecule has 0 saturated heterocycles. The summed E-state index contributed by atoms with van der Waals surface area (Å²) >= 11 is 0. The monoisotopic (exact) mass is 859 g/mol. The van der Waals surface area contributed by atoms with Gasteiger partial charge in [0.25, 0.3) is 6.71 Å². The van der Waals surface area contributed by atoms with E-state index >= 15 is 0 Å². The minimum absolute atomic E-state index is 0.00730. The van der Waals surface area contributed by atoms with Crippen molar-refractivity contribution in [1.82, 2.24) is 4.57 Å². The van der Waals surface area contributed by atoms with Crippen molar-refractivity contribution < 1.29 is 8.83 Å². The van der Waals surface area contributed by atoms with Crippen LogP contribution < -0.4 is 26.2 Å². The van der Waals surface area contributed by atoms with Gasteiger partial charge in [0.15, 0.2) is 5.58 Å². The lowest BCUT2D eigenvalue weighted by Crippen LogP contribution is -2.60. The van der Waals surface area contributed by atoms with E-state index in [1.165, 1.54) is 86.3 Å². The molecule has 2 atom stereocenters. The van der Waals surface area contributed by atoms with E-state index in [-0.39, 0.29) is 28.5 Å². The first-order valence-corrected chi connectivity index (χ1v) is 24.2. The van der Waals surface area contributed by atoms with Gasteiger partial charge in [0.1, 0.15) is 22.3 Å². The molecule has 0 spiro atoms. The lowest BCUT2D eigenvalue weighted by atomic mass is 9.33. The van der Waals surface area contributed by atoms with Crippen molar-refractivity contribution >= 4 is 106 Å². The highest BCUT2D eigenvalue weighted by Crippen LogP contribution is 2.62. The second-order valence-electron chi connectivity index (χ2n) is 22.4. The first-order chi connectivity index (χ1) is 31.7. The maximum absolute atomic E-state index is 6.84. The number of fused-ring (bicyclic) bond motifs is 15. The number of anilines is 5. The Hall–Kier alpha value is -6.66. The molecule has 1 saturated carbocycles. The molecule has 0 amide bonds. The van der Waals surface area contributed by atoms with Crippen molar-refractivity contribution in [2.24, 2.45) is 0 Å². The third-order valence-electron chi connectivity index (χ3n) is 16.8. The van der Waals surface area contributed by atoms with Crippen molar-refractivity contribution in [3.05, 3.63) is 150 Å². The normalized spacial score (nSPS) is 19.9. The number of nitrogens with zero attached hydrogens (tertiary/aromatic N) is 3. The second kappa shape index (κ2) is 12.6. The Balaban J connectivity index is 1.11. The van der Waals surface area contributed by atoms with E-state index in [9.17, 15) is 0 Å². The summed E-state index contributed by atoms with van der Waals surface area (Å²) in [5.41, 5.74) is 21.4. The van der Waals surface area contributed by atoms with Crippen LogP contribution in [0, 0.1) is 0 Å². The Kier molecular flexibility index (Phi) is 7.38. The minimum Gasteiger partial charge on any atom is -0.456 e. The number of hydrogen-bond acceptors (Lipinski definition) is 4. The molecule has 66 heavy (non-hydrogen) atoms. The molecule has 6 heteroatoms. The van der Waals surface area contributed by atoms with Crippen molar-refractivity contribution in [1.29, 1.82) is 0 Å². The van der Waals surface area contributed by atoms with E-state index in [2.05, 4.69) is 203 Å². The Morgan fingerprint density at radius 1 is 0.530 bits per heavy atom. The molecule has 4 aliphatic rings. The Bertz CT molecular complexity index is 3760.